The Morgan fingerprint density at radius 2 is 2.35 bits per heavy atom. The zero-order valence-corrected chi connectivity index (χ0v) is 12.4. The highest BCUT2D eigenvalue weighted by Crippen LogP contribution is 2.25. The minimum absolute atomic E-state index is 0.218. The van der Waals surface area contributed by atoms with Crippen molar-refractivity contribution in [1.82, 2.24) is 5.43 Å². The summed E-state index contributed by atoms with van der Waals surface area (Å²) < 4.78 is 11.2. The standard InChI is InChI=1S/C14H13BrN2O3/c1-2-19-12-6-5-10(8-11(12)15)9-16-17-14(18)13-4-3-7-20-13/h3-9H,2H2,1H3,(H,17,18)/b16-9-. The van der Waals surface area contributed by atoms with Crippen LogP contribution < -0.4 is 10.2 Å². The molecule has 1 N–H and O–H groups in total. The third-order valence-corrected chi connectivity index (χ3v) is 3.00. The largest absolute Gasteiger partial charge is 0.493 e. The molecule has 2 aromatic rings. The molecule has 0 saturated carbocycles. The lowest BCUT2D eigenvalue weighted by Crippen LogP contribution is -2.16. The molecule has 6 heteroatoms. The van der Waals surface area contributed by atoms with Crippen molar-refractivity contribution in [1.29, 1.82) is 0 Å². The Kier molecular flexibility index (Phi) is 4.95. The molecule has 1 amide bonds. The molecule has 0 unspecified atom stereocenters. The number of carbonyl (C=O) groups is 1. The van der Waals surface area contributed by atoms with Crippen LogP contribution in [0.5, 0.6) is 5.75 Å². The predicted molar refractivity (Wildman–Crippen MR) is 79.1 cm³/mol. The summed E-state index contributed by atoms with van der Waals surface area (Å²) in [5, 5.41) is 3.87. The molecular weight excluding hydrogens is 324 g/mol. The van der Waals surface area contributed by atoms with E-state index in [9.17, 15) is 4.79 Å². The summed E-state index contributed by atoms with van der Waals surface area (Å²) in [7, 11) is 0. The fourth-order valence-electron chi connectivity index (χ4n) is 1.50. The molecule has 20 heavy (non-hydrogen) atoms. The highest BCUT2D eigenvalue weighted by atomic mass is 79.9. The monoisotopic (exact) mass is 336 g/mol. The summed E-state index contributed by atoms with van der Waals surface area (Å²) in [6.45, 7) is 2.53. The van der Waals surface area contributed by atoms with Crippen LogP contribution in [0, 0.1) is 0 Å². The molecule has 0 radical (unpaired) electrons. The maximum Gasteiger partial charge on any atom is 0.307 e. The van der Waals surface area contributed by atoms with E-state index < -0.39 is 5.91 Å². The molecule has 1 aromatic heterocycles. The first-order valence-corrected chi connectivity index (χ1v) is 6.79. The Bertz CT molecular complexity index is 609. The van der Waals surface area contributed by atoms with E-state index >= 15 is 0 Å². The fourth-order valence-corrected chi connectivity index (χ4v) is 2.01. The second-order valence-corrected chi connectivity index (χ2v) is 4.65. The van der Waals surface area contributed by atoms with Gasteiger partial charge in [-0.1, -0.05) is 0 Å². The normalized spacial score (nSPS) is 10.7. The number of hydrazone groups is 1. The van der Waals surface area contributed by atoms with Gasteiger partial charge in [-0.3, -0.25) is 4.79 Å². The minimum Gasteiger partial charge on any atom is -0.493 e. The number of rotatable bonds is 5. The van der Waals surface area contributed by atoms with Crippen LogP contribution in [0.2, 0.25) is 0 Å². The average molecular weight is 337 g/mol. The number of furan rings is 1. The maximum atomic E-state index is 11.6. The summed E-state index contributed by atoms with van der Waals surface area (Å²) in [5.41, 5.74) is 3.22. The van der Waals surface area contributed by atoms with Gasteiger partial charge >= 0.3 is 5.91 Å². The average Bonchev–Trinajstić information content (AvgIpc) is 2.96. The van der Waals surface area contributed by atoms with E-state index in [4.69, 9.17) is 9.15 Å². The van der Waals surface area contributed by atoms with Crippen molar-refractivity contribution in [3.05, 3.63) is 52.4 Å². The zero-order chi connectivity index (χ0) is 14.4. The molecule has 0 atom stereocenters. The van der Waals surface area contributed by atoms with Crippen LogP contribution in [0.3, 0.4) is 0 Å². The summed E-state index contributed by atoms with van der Waals surface area (Å²) >= 11 is 3.41. The molecule has 0 saturated heterocycles. The highest BCUT2D eigenvalue weighted by molar-refractivity contribution is 9.10. The summed E-state index contributed by atoms with van der Waals surface area (Å²) in [6.07, 6.45) is 2.98. The smallest absolute Gasteiger partial charge is 0.307 e. The van der Waals surface area contributed by atoms with Crippen LogP contribution in [0.1, 0.15) is 23.0 Å². The molecule has 0 bridgehead atoms. The summed E-state index contributed by atoms with van der Waals surface area (Å²) in [5.74, 6) is 0.593. The summed E-state index contributed by atoms with van der Waals surface area (Å²) in [4.78, 5) is 11.6. The number of nitrogens with one attached hydrogen (secondary N) is 1. The molecule has 1 heterocycles. The lowest BCUT2D eigenvalue weighted by molar-refractivity contribution is 0.0927. The van der Waals surface area contributed by atoms with E-state index in [0.717, 1.165) is 15.8 Å². The van der Waals surface area contributed by atoms with Gasteiger partial charge in [0.1, 0.15) is 5.75 Å². The molecule has 0 aliphatic rings. The number of amides is 1. The van der Waals surface area contributed by atoms with Crippen molar-refractivity contribution in [2.24, 2.45) is 5.10 Å². The SMILES string of the molecule is CCOc1ccc(/C=N\NC(=O)c2ccco2)cc1Br. The van der Waals surface area contributed by atoms with Crippen LogP contribution in [0.25, 0.3) is 0 Å². The Labute approximate surface area is 124 Å². The first-order chi connectivity index (χ1) is 9.70. The predicted octanol–water partition coefficient (Wildman–Crippen LogP) is 3.20. The molecule has 1 aromatic carbocycles. The van der Waals surface area contributed by atoms with Crippen LogP contribution in [-0.2, 0) is 0 Å². The number of nitrogens with zero attached hydrogens (tertiary/aromatic N) is 1. The van der Waals surface area contributed by atoms with Gasteiger partial charge in [-0.05, 0) is 58.7 Å². The Hall–Kier alpha value is -2.08. The van der Waals surface area contributed by atoms with Crippen molar-refractivity contribution in [3.63, 3.8) is 0 Å². The number of carbonyl (C=O) groups excluding carboxylic acids is 1. The Morgan fingerprint density at radius 3 is 3.00 bits per heavy atom. The van der Waals surface area contributed by atoms with Gasteiger partial charge < -0.3 is 9.15 Å². The fraction of sp³-hybridized carbons (Fsp3) is 0.143. The number of hydrogen-bond donors (Lipinski definition) is 1. The first-order valence-electron chi connectivity index (χ1n) is 6.00. The second kappa shape index (κ2) is 6.91. The first kappa shape index (κ1) is 14.3. The molecule has 2 rings (SSSR count). The lowest BCUT2D eigenvalue weighted by Gasteiger charge is -2.05. The zero-order valence-electron chi connectivity index (χ0n) is 10.8. The van der Waals surface area contributed by atoms with E-state index in [-0.39, 0.29) is 5.76 Å². The maximum absolute atomic E-state index is 11.6. The Morgan fingerprint density at radius 1 is 1.50 bits per heavy atom. The molecule has 0 spiro atoms. The van der Waals surface area contributed by atoms with Gasteiger partial charge in [0, 0.05) is 0 Å². The van der Waals surface area contributed by atoms with Crippen LogP contribution in [-0.4, -0.2) is 18.7 Å². The topological polar surface area (TPSA) is 63.8 Å². The molecular formula is C14H13BrN2O3. The molecule has 0 aliphatic carbocycles. The van der Waals surface area contributed by atoms with E-state index in [1.165, 1.54) is 6.26 Å². The van der Waals surface area contributed by atoms with Crippen molar-refractivity contribution < 1.29 is 13.9 Å². The van der Waals surface area contributed by atoms with Gasteiger partial charge in [0.25, 0.3) is 0 Å². The van der Waals surface area contributed by atoms with Gasteiger partial charge in [-0.25, -0.2) is 5.43 Å². The third-order valence-electron chi connectivity index (χ3n) is 2.38. The number of ether oxygens (including phenoxy) is 1. The quantitative estimate of drug-likeness (QED) is 0.673. The Balaban J connectivity index is 1.98. The van der Waals surface area contributed by atoms with Gasteiger partial charge in [0.05, 0.1) is 23.6 Å². The van der Waals surface area contributed by atoms with Crippen molar-refractivity contribution in [2.75, 3.05) is 6.61 Å². The van der Waals surface area contributed by atoms with Gasteiger partial charge in [-0.15, -0.1) is 0 Å². The third kappa shape index (κ3) is 3.71. The molecule has 0 fully saturated rings. The number of halogens is 1. The van der Waals surface area contributed by atoms with Gasteiger partial charge in [0.2, 0.25) is 0 Å². The van der Waals surface area contributed by atoms with Crippen LogP contribution >= 0.6 is 15.9 Å². The van der Waals surface area contributed by atoms with Crippen molar-refractivity contribution >= 4 is 28.1 Å². The lowest BCUT2D eigenvalue weighted by atomic mass is 10.2. The molecule has 5 nitrogen and oxygen atoms in total. The highest BCUT2D eigenvalue weighted by Gasteiger charge is 2.06. The van der Waals surface area contributed by atoms with Gasteiger partial charge in [0.15, 0.2) is 5.76 Å². The van der Waals surface area contributed by atoms with Gasteiger partial charge in [-0.2, -0.15) is 5.10 Å². The van der Waals surface area contributed by atoms with E-state index in [0.29, 0.717) is 6.61 Å². The molecule has 0 aliphatic heterocycles. The molecule has 104 valence electrons. The minimum atomic E-state index is -0.392. The summed E-state index contributed by atoms with van der Waals surface area (Å²) in [6, 6.07) is 8.75. The van der Waals surface area contributed by atoms with E-state index in [1.807, 2.05) is 25.1 Å². The van der Waals surface area contributed by atoms with Crippen molar-refractivity contribution in [2.45, 2.75) is 6.92 Å². The van der Waals surface area contributed by atoms with Crippen LogP contribution in [0.4, 0.5) is 0 Å². The van der Waals surface area contributed by atoms with E-state index in [1.54, 1.807) is 18.3 Å². The van der Waals surface area contributed by atoms with E-state index in [2.05, 4.69) is 26.5 Å². The van der Waals surface area contributed by atoms with Crippen LogP contribution in [0.15, 0.2) is 50.6 Å². The number of benzene rings is 1. The van der Waals surface area contributed by atoms with Crippen molar-refractivity contribution in [3.8, 4) is 5.75 Å². The number of hydrogen-bond acceptors (Lipinski definition) is 4. The second-order valence-electron chi connectivity index (χ2n) is 3.80.